The van der Waals surface area contributed by atoms with Gasteiger partial charge in [-0.1, -0.05) is 29.3 Å². The average Bonchev–Trinajstić information content (AvgIpc) is 2.17. The highest BCUT2D eigenvalue weighted by atomic mass is 35.5. The molecule has 2 aromatic rings. The maximum atomic E-state index is 12.9. The smallest absolute Gasteiger partial charge is 0.213 e. The molecule has 1 aromatic carbocycles. The summed E-state index contributed by atoms with van der Waals surface area (Å²) in [6, 6.07) is 8.12. The minimum Gasteiger partial charge on any atom is -0.228 e. The second-order valence-electron chi connectivity index (χ2n) is 2.96. The zero-order chi connectivity index (χ0) is 10.8. The summed E-state index contributed by atoms with van der Waals surface area (Å²) in [4.78, 5) is 3.47. The molecular weight excluding hydrogens is 236 g/mol. The Morgan fingerprint density at radius 2 is 1.73 bits per heavy atom. The summed E-state index contributed by atoms with van der Waals surface area (Å²) in [5.74, 6) is -0.552. The van der Waals surface area contributed by atoms with Crippen LogP contribution in [-0.2, 0) is 0 Å². The van der Waals surface area contributed by atoms with Crippen molar-refractivity contribution in [1.29, 1.82) is 0 Å². The van der Waals surface area contributed by atoms with Crippen LogP contribution in [0.3, 0.4) is 0 Å². The molecule has 0 bridgehead atoms. The number of halogens is 3. The first kappa shape index (κ1) is 10.4. The van der Waals surface area contributed by atoms with Gasteiger partial charge in [-0.05, 0) is 23.8 Å². The molecule has 0 aliphatic heterocycles. The Hall–Kier alpha value is -1.12. The summed E-state index contributed by atoms with van der Waals surface area (Å²) in [5, 5.41) is 0.987. The molecule has 1 nitrogen and oxygen atoms in total. The number of hydrogen-bond donors (Lipinski definition) is 0. The van der Waals surface area contributed by atoms with E-state index in [0.29, 0.717) is 21.2 Å². The molecule has 0 spiro atoms. The van der Waals surface area contributed by atoms with Crippen LogP contribution in [-0.4, -0.2) is 4.98 Å². The summed E-state index contributed by atoms with van der Waals surface area (Å²) in [6.07, 6.45) is 1.38. The van der Waals surface area contributed by atoms with Crippen molar-refractivity contribution in [3.8, 4) is 11.1 Å². The quantitative estimate of drug-likeness (QED) is 0.683. The second-order valence-corrected chi connectivity index (χ2v) is 3.78. The predicted molar refractivity (Wildman–Crippen MR) is 59.7 cm³/mol. The van der Waals surface area contributed by atoms with Crippen molar-refractivity contribution in [2.24, 2.45) is 0 Å². The molecule has 2 rings (SSSR count). The van der Waals surface area contributed by atoms with Gasteiger partial charge in [0.25, 0.3) is 0 Å². The van der Waals surface area contributed by atoms with Crippen LogP contribution < -0.4 is 0 Å². The molecule has 0 saturated carbocycles. The van der Waals surface area contributed by atoms with Crippen LogP contribution in [0.4, 0.5) is 4.39 Å². The summed E-state index contributed by atoms with van der Waals surface area (Å²) in [7, 11) is 0. The van der Waals surface area contributed by atoms with Gasteiger partial charge in [0.1, 0.15) is 0 Å². The van der Waals surface area contributed by atoms with E-state index in [-0.39, 0.29) is 0 Å². The topological polar surface area (TPSA) is 12.9 Å². The van der Waals surface area contributed by atoms with Crippen LogP contribution in [0.5, 0.6) is 0 Å². The molecule has 0 aliphatic carbocycles. The Balaban J connectivity index is 2.63. The first-order valence-corrected chi connectivity index (χ1v) is 5.00. The molecule has 1 heterocycles. The van der Waals surface area contributed by atoms with Gasteiger partial charge in [0.15, 0.2) is 0 Å². The standard InChI is InChI=1S/C11H6Cl2FN/c12-8-2-1-3-9(13)11(8)7-4-5-15-10(14)6-7/h1-6H. The van der Waals surface area contributed by atoms with Crippen molar-refractivity contribution in [3.63, 3.8) is 0 Å². The van der Waals surface area contributed by atoms with Crippen LogP contribution in [0.25, 0.3) is 11.1 Å². The fraction of sp³-hybridized carbons (Fsp3) is 0. The highest BCUT2D eigenvalue weighted by Crippen LogP contribution is 2.34. The third-order valence-corrected chi connectivity index (χ3v) is 2.61. The van der Waals surface area contributed by atoms with E-state index in [0.717, 1.165) is 0 Å². The van der Waals surface area contributed by atoms with E-state index in [1.165, 1.54) is 12.3 Å². The van der Waals surface area contributed by atoms with Crippen LogP contribution in [0.15, 0.2) is 36.5 Å². The maximum absolute atomic E-state index is 12.9. The Morgan fingerprint density at radius 1 is 1.07 bits per heavy atom. The second kappa shape index (κ2) is 4.17. The third-order valence-electron chi connectivity index (χ3n) is 1.98. The van der Waals surface area contributed by atoms with Gasteiger partial charge < -0.3 is 0 Å². The van der Waals surface area contributed by atoms with Gasteiger partial charge in [-0.3, -0.25) is 0 Å². The van der Waals surface area contributed by atoms with Crippen LogP contribution in [0.2, 0.25) is 10.0 Å². The molecule has 0 unspecified atom stereocenters. The van der Waals surface area contributed by atoms with Crippen molar-refractivity contribution >= 4 is 23.2 Å². The fourth-order valence-electron chi connectivity index (χ4n) is 1.33. The van der Waals surface area contributed by atoms with E-state index in [4.69, 9.17) is 23.2 Å². The van der Waals surface area contributed by atoms with Crippen LogP contribution in [0, 0.1) is 5.95 Å². The lowest BCUT2D eigenvalue weighted by atomic mass is 10.1. The summed E-state index contributed by atoms with van der Waals surface area (Å²) in [6.45, 7) is 0. The Bertz CT molecular complexity index is 479. The minimum absolute atomic E-state index is 0.494. The Labute approximate surface area is 96.5 Å². The molecule has 0 amide bonds. The highest BCUT2D eigenvalue weighted by molar-refractivity contribution is 6.39. The zero-order valence-corrected chi connectivity index (χ0v) is 9.06. The van der Waals surface area contributed by atoms with Gasteiger partial charge in [0, 0.05) is 27.9 Å². The fourth-order valence-corrected chi connectivity index (χ4v) is 1.95. The van der Waals surface area contributed by atoms with E-state index < -0.39 is 5.95 Å². The first-order valence-electron chi connectivity index (χ1n) is 4.24. The number of benzene rings is 1. The molecule has 0 fully saturated rings. The zero-order valence-electron chi connectivity index (χ0n) is 7.55. The Morgan fingerprint density at radius 3 is 2.33 bits per heavy atom. The van der Waals surface area contributed by atoms with Gasteiger partial charge in [0.05, 0.1) is 0 Å². The number of nitrogens with zero attached hydrogens (tertiary/aromatic N) is 1. The van der Waals surface area contributed by atoms with Crippen LogP contribution in [0.1, 0.15) is 0 Å². The summed E-state index contributed by atoms with van der Waals surface area (Å²) in [5.41, 5.74) is 1.25. The van der Waals surface area contributed by atoms with Gasteiger partial charge >= 0.3 is 0 Å². The van der Waals surface area contributed by atoms with E-state index in [2.05, 4.69) is 4.98 Å². The average molecular weight is 242 g/mol. The van der Waals surface area contributed by atoms with Crippen molar-refractivity contribution < 1.29 is 4.39 Å². The molecule has 0 atom stereocenters. The first-order chi connectivity index (χ1) is 7.18. The number of pyridine rings is 1. The van der Waals surface area contributed by atoms with Gasteiger partial charge in [-0.25, -0.2) is 4.98 Å². The number of hydrogen-bond acceptors (Lipinski definition) is 1. The highest BCUT2D eigenvalue weighted by Gasteiger charge is 2.08. The van der Waals surface area contributed by atoms with E-state index in [1.54, 1.807) is 24.3 Å². The molecule has 0 N–H and O–H groups in total. The van der Waals surface area contributed by atoms with Gasteiger partial charge in [0.2, 0.25) is 5.95 Å². The number of aromatic nitrogens is 1. The molecule has 76 valence electrons. The molecule has 0 radical (unpaired) electrons. The molecule has 15 heavy (non-hydrogen) atoms. The molecular formula is C11H6Cl2FN. The summed E-state index contributed by atoms with van der Waals surface area (Å²) < 4.78 is 12.9. The SMILES string of the molecule is Fc1cc(-c2c(Cl)cccc2Cl)ccn1. The van der Waals surface area contributed by atoms with E-state index in [9.17, 15) is 4.39 Å². The maximum Gasteiger partial charge on any atom is 0.213 e. The predicted octanol–water partition coefficient (Wildman–Crippen LogP) is 4.19. The largest absolute Gasteiger partial charge is 0.228 e. The van der Waals surface area contributed by atoms with Crippen molar-refractivity contribution in [3.05, 3.63) is 52.5 Å². The van der Waals surface area contributed by atoms with Gasteiger partial charge in [-0.15, -0.1) is 0 Å². The monoisotopic (exact) mass is 241 g/mol. The van der Waals surface area contributed by atoms with Gasteiger partial charge in [-0.2, -0.15) is 4.39 Å². The third kappa shape index (κ3) is 2.11. The summed E-state index contributed by atoms with van der Waals surface area (Å²) >= 11 is 12.0. The normalized spacial score (nSPS) is 10.3. The van der Waals surface area contributed by atoms with Crippen molar-refractivity contribution in [2.75, 3.05) is 0 Å². The van der Waals surface area contributed by atoms with Crippen molar-refractivity contribution in [1.82, 2.24) is 4.98 Å². The molecule has 1 aromatic heterocycles. The van der Waals surface area contributed by atoms with Crippen LogP contribution >= 0.6 is 23.2 Å². The molecule has 0 saturated heterocycles. The lowest BCUT2D eigenvalue weighted by Gasteiger charge is -2.06. The molecule has 0 aliphatic rings. The Kier molecular flexibility index (Phi) is 2.89. The van der Waals surface area contributed by atoms with E-state index >= 15 is 0 Å². The van der Waals surface area contributed by atoms with Crippen molar-refractivity contribution in [2.45, 2.75) is 0 Å². The minimum atomic E-state index is -0.552. The lowest BCUT2D eigenvalue weighted by molar-refractivity contribution is 0.584. The van der Waals surface area contributed by atoms with E-state index in [1.807, 2.05) is 0 Å². The number of rotatable bonds is 1. The molecule has 4 heteroatoms. The lowest BCUT2D eigenvalue weighted by Crippen LogP contribution is -1.85.